The first-order valence-corrected chi connectivity index (χ1v) is 12.1. The Morgan fingerprint density at radius 2 is 2.00 bits per heavy atom. The molecule has 7 heteroatoms. The third-order valence-electron chi connectivity index (χ3n) is 5.24. The van der Waals surface area contributed by atoms with E-state index in [-0.39, 0.29) is 5.91 Å². The Labute approximate surface area is 194 Å². The molecule has 0 bridgehead atoms. The van der Waals surface area contributed by atoms with Crippen molar-refractivity contribution < 1.29 is 14.3 Å². The van der Waals surface area contributed by atoms with E-state index in [1.807, 2.05) is 23.9 Å². The quantitative estimate of drug-likeness (QED) is 0.561. The molecule has 168 valence electrons. The number of ether oxygens (including phenoxy) is 2. The van der Waals surface area contributed by atoms with E-state index in [4.69, 9.17) is 21.1 Å². The summed E-state index contributed by atoms with van der Waals surface area (Å²) in [4.78, 5) is 15.4. The smallest absolute Gasteiger partial charge is 0.255 e. The number of halogens is 1. The first-order valence-electron chi connectivity index (χ1n) is 10.6. The third-order valence-corrected chi connectivity index (χ3v) is 6.47. The van der Waals surface area contributed by atoms with Crippen LogP contribution in [0.2, 0.25) is 5.02 Å². The van der Waals surface area contributed by atoms with Crippen molar-refractivity contribution in [2.24, 2.45) is 5.92 Å². The number of amides is 1. The number of carbonyl (C=O) groups is 1. The zero-order chi connectivity index (χ0) is 22.4. The van der Waals surface area contributed by atoms with Crippen LogP contribution in [0.4, 0.5) is 5.69 Å². The number of nitrogens with zero attached hydrogens (tertiary/aromatic N) is 1. The molecule has 1 aliphatic rings. The Kier molecular flexibility index (Phi) is 8.52. The summed E-state index contributed by atoms with van der Waals surface area (Å²) in [5, 5.41) is 3.40. The first-order chi connectivity index (χ1) is 14.9. The van der Waals surface area contributed by atoms with Gasteiger partial charge in [0.25, 0.3) is 5.91 Å². The van der Waals surface area contributed by atoms with Crippen molar-refractivity contribution in [2.45, 2.75) is 27.3 Å². The zero-order valence-corrected chi connectivity index (χ0v) is 20.2. The van der Waals surface area contributed by atoms with Gasteiger partial charge in [0.05, 0.1) is 18.7 Å². The van der Waals surface area contributed by atoms with Gasteiger partial charge >= 0.3 is 0 Å². The largest absolute Gasteiger partial charge is 0.493 e. The highest BCUT2D eigenvalue weighted by atomic mass is 35.5. The summed E-state index contributed by atoms with van der Waals surface area (Å²) in [5.74, 6) is 3.39. The van der Waals surface area contributed by atoms with Crippen LogP contribution in [0.1, 0.15) is 35.3 Å². The van der Waals surface area contributed by atoms with Gasteiger partial charge in [-0.3, -0.25) is 9.69 Å². The summed E-state index contributed by atoms with van der Waals surface area (Å²) in [6.45, 7) is 9.79. The highest BCUT2D eigenvalue weighted by Gasteiger charge is 2.18. The Morgan fingerprint density at radius 1 is 1.26 bits per heavy atom. The van der Waals surface area contributed by atoms with Crippen LogP contribution in [-0.2, 0) is 6.54 Å². The van der Waals surface area contributed by atoms with E-state index >= 15 is 0 Å². The fourth-order valence-corrected chi connectivity index (χ4v) is 4.67. The molecule has 1 N–H and O–H groups in total. The highest BCUT2D eigenvalue weighted by Crippen LogP contribution is 2.37. The zero-order valence-electron chi connectivity index (χ0n) is 18.7. The molecule has 1 amide bonds. The average Bonchev–Trinajstić information content (AvgIpc) is 2.75. The number of hydrogen-bond donors (Lipinski definition) is 1. The molecule has 0 aromatic heterocycles. The van der Waals surface area contributed by atoms with Gasteiger partial charge in [-0.2, -0.15) is 11.8 Å². The van der Waals surface area contributed by atoms with Crippen molar-refractivity contribution in [3.8, 4) is 11.5 Å². The van der Waals surface area contributed by atoms with Crippen LogP contribution in [0, 0.1) is 12.8 Å². The molecule has 2 aromatic carbocycles. The van der Waals surface area contributed by atoms with E-state index in [9.17, 15) is 4.79 Å². The van der Waals surface area contributed by atoms with Crippen molar-refractivity contribution in [3.63, 3.8) is 0 Å². The van der Waals surface area contributed by atoms with Crippen molar-refractivity contribution in [2.75, 3.05) is 43.6 Å². The third kappa shape index (κ3) is 6.31. The fraction of sp³-hybridized carbons (Fsp3) is 0.458. The molecule has 1 saturated heterocycles. The molecule has 0 unspecified atom stereocenters. The minimum absolute atomic E-state index is 0.231. The SMILES string of the molecule is COc1cc(C(=O)Nc2cccc(CN3CCSCC3)c2C)cc(Cl)c1OCC(C)C. The molecule has 0 spiro atoms. The molecule has 0 saturated carbocycles. The van der Waals surface area contributed by atoms with Gasteiger partial charge in [-0.25, -0.2) is 0 Å². The molecule has 2 aromatic rings. The number of rotatable bonds is 8. The van der Waals surface area contributed by atoms with Gasteiger partial charge in [0.1, 0.15) is 0 Å². The Balaban J connectivity index is 1.76. The van der Waals surface area contributed by atoms with E-state index in [0.29, 0.717) is 34.6 Å². The molecule has 0 radical (unpaired) electrons. The van der Waals surface area contributed by atoms with Crippen LogP contribution >= 0.6 is 23.4 Å². The lowest BCUT2D eigenvalue weighted by Gasteiger charge is -2.27. The van der Waals surface area contributed by atoms with Crippen LogP contribution in [0.5, 0.6) is 11.5 Å². The van der Waals surface area contributed by atoms with Gasteiger partial charge in [0.15, 0.2) is 11.5 Å². The van der Waals surface area contributed by atoms with Crippen molar-refractivity contribution in [1.82, 2.24) is 4.90 Å². The van der Waals surface area contributed by atoms with Gasteiger partial charge < -0.3 is 14.8 Å². The number of anilines is 1. The van der Waals surface area contributed by atoms with Gasteiger partial charge in [-0.15, -0.1) is 0 Å². The topological polar surface area (TPSA) is 50.8 Å². The standard InChI is InChI=1S/C24H31ClN2O3S/c1-16(2)15-30-23-20(25)12-19(13-22(23)29-4)24(28)26-21-7-5-6-18(17(21)3)14-27-8-10-31-11-9-27/h5-7,12-13,16H,8-11,14-15H2,1-4H3,(H,26,28). The summed E-state index contributed by atoms with van der Waals surface area (Å²) >= 11 is 8.42. The molecule has 0 aliphatic carbocycles. The number of benzene rings is 2. The van der Waals surface area contributed by atoms with E-state index in [1.165, 1.54) is 17.1 Å². The Morgan fingerprint density at radius 3 is 2.68 bits per heavy atom. The van der Waals surface area contributed by atoms with E-state index in [1.54, 1.807) is 19.2 Å². The number of methoxy groups -OCH3 is 1. The van der Waals surface area contributed by atoms with E-state index in [0.717, 1.165) is 30.9 Å². The van der Waals surface area contributed by atoms with Crippen molar-refractivity contribution >= 4 is 35.0 Å². The summed E-state index contributed by atoms with van der Waals surface area (Å²) in [6.07, 6.45) is 0. The van der Waals surface area contributed by atoms with Gasteiger partial charge in [-0.05, 0) is 42.2 Å². The fourth-order valence-electron chi connectivity index (χ4n) is 3.43. The minimum Gasteiger partial charge on any atom is -0.493 e. The predicted molar refractivity (Wildman–Crippen MR) is 130 cm³/mol. The van der Waals surface area contributed by atoms with Crippen molar-refractivity contribution in [1.29, 1.82) is 0 Å². The van der Waals surface area contributed by atoms with Crippen LogP contribution < -0.4 is 14.8 Å². The second-order valence-electron chi connectivity index (χ2n) is 8.13. The van der Waals surface area contributed by atoms with E-state index in [2.05, 4.69) is 37.1 Å². The van der Waals surface area contributed by atoms with Gasteiger partial charge in [0.2, 0.25) is 0 Å². The lowest BCUT2D eigenvalue weighted by molar-refractivity contribution is 0.102. The lowest BCUT2D eigenvalue weighted by Crippen LogP contribution is -2.32. The molecular formula is C24H31ClN2O3S. The van der Waals surface area contributed by atoms with Crippen LogP contribution in [-0.4, -0.2) is 49.1 Å². The number of carbonyl (C=O) groups excluding carboxylic acids is 1. The molecule has 1 aliphatic heterocycles. The van der Waals surface area contributed by atoms with Gasteiger partial charge in [-0.1, -0.05) is 37.6 Å². The van der Waals surface area contributed by atoms with Crippen LogP contribution in [0.25, 0.3) is 0 Å². The molecule has 1 fully saturated rings. The normalized spacial score (nSPS) is 14.5. The molecule has 5 nitrogen and oxygen atoms in total. The van der Waals surface area contributed by atoms with Crippen molar-refractivity contribution in [3.05, 3.63) is 52.0 Å². The van der Waals surface area contributed by atoms with E-state index < -0.39 is 0 Å². The summed E-state index contributed by atoms with van der Waals surface area (Å²) in [6, 6.07) is 9.35. The summed E-state index contributed by atoms with van der Waals surface area (Å²) in [5.41, 5.74) is 3.56. The summed E-state index contributed by atoms with van der Waals surface area (Å²) < 4.78 is 11.2. The predicted octanol–water partition coefficient (Wildman–Crippen LogP) is 5.49. The Hall–Kier alpha value is -1.89. The first kappa shape index (κ1) is 23.8. The number of nitrogens with one attached hydrogen (secondary N) is 1. The molecule has 0 atom stereocenters. The second kappa shape index (κ2) is 11.1. The number of thioether (sulfide) groups is 1. The Bertz CT molecular complexity index is 914. The van der Waals surface area contributed by atoms with Gasteiger partial charge in [0, 0.05) is 42.4 Å². The summed E-state index contributed by atoms with van der Waals surface area (Å²) in [7, 11) is 1.54. The minimum atomic E-state index is -0.231. The molecule has 1 heterocycles. The monoisotopic (exact) mass is 462 g/mol. The maximum atomic E-state index is 13.0. The maximum absolute atomic E-state index is 13.0. The molecule has 31 heavy (non-hydrogen) atoms. The number of hydrogen-bond acceptors (Lipinski definition) is 5. The lowest BCUT2D eigenvalue weighted by atomic mass is 10.1. The molecular weight excluding hydrogens is 432 g/mol. The second-order valence-corrected chi connectivity index (χ2v) is 9.76. The highest BCUT2D eigenvalue weighted by molar-refractivity contribution is 7.99. The molecule has 3 rings (SSSR count). The van der Waals surface area contributed by atoms with Crippen LogP contribution in [0.15, 0.2) is 30.3 Å². The average molecular weight is 463 g/mol. The maximum Gasteiger partial charge on any atom is 0.255 e. The van der Waals surface area contributed by atoms with Crippen LogP contribution in [0.3, 0.4) is 0 Å².